The monoisotopic (exact) mass is 455 g/mol. The Bertz CT molecular complexity index is 1120. The van der Waals surface area contributed by atoms with Crippen molar-refractivity contribution in [3.05, 3.63) is 64.6 Å². The maximum absolute atomic E-state index is 14.2. The first kappa shape index (κ1) is 22.4. The van der Waals surface area contributed by atoms with Crippen LogP contribution in [0.5, 0.6) is 0 Å². The van der Waals surface area contributed by atoms with Crippen molar-refractivity contribution in [3.63, 3.8) is 0 Å². The molecular formula is C24H27ClFN5O. The lowest BCUT2D eigenvalue weighted by Gasteiger charge is -2.32. The largest absolute Gasteiger partial charge is 0.371 e. The Morgan fingerprint density at radius 1 is 1.31 bits per heavy atom. The number of amides is 1. The number of allylic oxidation sites excluding steroid dienone is 4. The van der Waals surface area contributed by atoms with Gasteiger partial charge in [-0.2, -0.15) is 0 Å². The predicted molar refractivity (Wildman–Crippen MR) is 124 cm³/mol. The van der Waals surface area contributed by atoms with Gasteiger partial charge in [0.2, 0.25) is 5.91 Å². The number of carbonyl (C=O) groups is 1. The second kappa shape index (κ2) is 8.62. The van der Waals surface area contributed by atoms with Gasteiger partial charge in [-0.05, 0) is 50.8 Å². The first-order chi connectivity index (χ1) is 15.2. The van der Waals surface area contributed by atoms with Crippen molar-refractivity contribution in [3.8, 4) is 0 Å². The Hall–Kier alpha value is -2.80. The van der Waals surface area contributed by atoms with Gasteiger partial charge in [0.15, 0.2) is 0 Å². The highest BCUT2D eigenvalue weighted by atomic mass is 35.5. The van der Waals surface area contributed by atoms with E-state index < -0.39 is 0 Å². The molecule has 0 spiro atoms. The number of halogens is 2. The smallest absolute Gasteiger partial charge is 0.229 e. The molecule has 8 heteroatoms. The summed E-state index contributed by atoms with van der Waals surface area (Å²) in [6, 6.07) is 1.76. The maximum Gasteiger partial charge on any atom is 0.229 e. The number of pyridine rings is 1. The fourth-order valence-corrected chi connectivity index (χ4v) is 4.81. The van der Waals surface area contributed by atoms with Gasteiger partial charge < -0.3 is 10.2 Å². The lowest BCUT2D eigenvalue weighted by molar-refractivity contribution is -0.118. The van der Waals surface area contributed by atoms with Gasteiger partial charge in [0.05, 0.1) is 22.6 Å². The van der Waals surface area contributed by atoms with Gasteiger partial charge >= 0.3 is 0 Å². The number of aromatic nitrogens is 3. The second-order valence-corrected chi connectivity index (χ2v) is 9.26. The van der Waals surface area contributed by atoms with Crippen LogP contribution in [0.4, 0.5) is 15.9 Å². The van der Waals surface area contributed by atoms with Crippen molar-refractivity contribution in [2.75, 3.05) is 23.8 Å². The molecule has 1 unspecified atom stereocenters. The molecule has 1 fully saturated rings. The van der Waals surface area contributed by atoms with Crippen LogP contribution in [-0.4, -0.2) is 34.5 Å². The molecule has 0 aliphatic heterocycles. The lowest BCUT2D eigenvalue weighted by atomic mass is 9.81. The standard InChI is InChI=1S/C24H27ClFN5O/c1-14-8-22(28-11-20(14)25)30-23(32)19-10-24(19,17-6-5-7-18(26)9-17)13-31(4)21-12-27-16(3)29-15(21)2/h5-8,11-12,17,19H,9-10,13H2,1-4H3,(H,28,30,32)/t17?,19-,24+/m0/s1. The molecule has 6 nitrogen and oxygen atoms in total. The molecule has 1 saturated carbocycles. The number of aryl methyl sites for hydroxylation is 3. The van der Waals surface area contributed by atoms with Crippen LogP contribution in [0.15, 0.2) is 42.5 Å². The summed E-state index contributed by atoms with van der Waals surface area (Å²) in [5.41, 5.74) is 2.24. The summed E-state index contributed by atoms with van der Waals surface area (Å²) in [6.45, 7) is 6.26. The quantitative estimate of drug-likeness (QED) is 0.666. The second-order valence-electron chi connectivity index (χ2n) is 8.85. The van der Waals surface area contributed by atoms with E-state index in [9.17, 15) is 9.18 Å². The van der Waals surface area contributed by atoms with E-state index in [1.54, 1.807) is 18.3 Å². The highest BCUT2D eigenvalue weighted by molar-refractivity contribution is 6.31. The van der Waals surface area contributed by atoms with E-state index in [0.717, 1.165) is 16.9 Å². The normalized spacial score (nSPS) is 24.1. The van der Waals surface area contributed by atoms with Crippen molar-refractivity contribution < 1.29 is 9.18 Å². The van der Waals surface area contributed by atoms with E-state index in [-0.39, 0.29) is 29.0 Å². The number of anilines is 2. The van der Waals surface area contributed by atoms with Crippen LogP contribution in [0.3, 0.4) is 0 Å². The van der Waals surface area contributed by atoms with Crippen molar-refractivity contribution in [2.24, 2.45) is 17.3 Å². The highest BCUT2D eigenvalue weighted by Crippen LogP contribution is 2.61. The van der Waals surface area contributed by atoms with Crippen LogP contribution in [0.2, 0.25) is 5.02 Å². The highest BCUT2D eigenvalue weighted by Gasteiger charge is 2.62. The molecule has 3 atom stereocenters. The van der Waals surface area contributed by atoms with Crippen LogP contribution in [0.1, 0.15) is 29.9 Å². The average Bonchev–Trinajstić information content (AvgIpc) is 3.46. The van der Waals surface area contributed by atoms with Crippen molar-refractivity contribution in [1.82, 2.24) is 15.0 Å². The van der Waals surface area contributed by atoms with Crippen LogP contribution in [-0.2, 0) is 4.79 Å². The maximum atomic E-state index is 14.2. The van der Waals surface area contributed by atoms with E-state index in [4.69, 9.17) is 11.6 Å². The Kier molecular flexibility index (Phi) is 6.03. The van der Waals surface area contributed by atoms with Gasteiger partial charge in [0.1, 0.15) is 17.5 Å². The topological polar surface area (TPSA) is 71.0 Å². The molecule has 0 radical (unpaired) electrons. The van der Waals surface area contributed by atoms with Crippen molar-refractivity contribution in [2.45, 2.75) is 33.6 Å². The minimum atomic E-state index is -0.389. The Labute approximate surface area is 192 Å². The van der Waals surface area contributed by atoms with Gasteiger partial charge in [0.25, 0.3) is 0 Å². The van der Waals surface area contributed by atoms with Crippen LogP contribution in [0.25, 0.3) is 0 Å². The average molecular weight is 456 g/mol. The molecular weight excluding hydrogens is 429 g/mol. The van der Waals surface area contributed by atoms with Crippen LogP contribution < -0.4 is 10.2 Å². The molecule has 2 aromatic heterocycles. The van der Waals surface area contributed by atoms with Gasteiger partial charge in [0, 0.05) is 37.5 Å². The van der Waals surface area contributed by atoms with Crippen LogP contribution >= 0.6 is 11.6 Å². The number of nitrogens with one attached hydrogen (secondary N) is 1. The third-order valence-corrected chi connectivity index (χ3v) is 6.92. The summed E-state index contributed by atoms with van der Waals surface area (Å²) < 4.78 is 14.2. The molecule has 0 aromatic carbocycles. The molecule has 2 aliphatic carbocycles. The van der Waals surface area contributed by atoms with E-state index in [2.05, 4.69) is 25.2 Å². The predicted octanol–water partition coefficient (Wildman–Crippen LogP) is 4.96. The molecule has 2 heterocycles. The number of hydrogen-bond acceptors (Lipinski definition) is 5. The summed E-state index contributed by atoms with van der Waals surface area (Å²) in [6.07, 6.45) is 9.57. The van der Waals surface area contributed by atoms with E-state index in [0.29, 0.717) is 36.1 Å². The zero-order valence-electron chi connectivity index (χ0n) is 18.7. The molecule has 0 bridgehead atoms. The van der Waals surface area contributed by atoms with Crippen molar-refractivity contribution in [1.29, 1.82) is 0 Å². The number of rotatable bonds is 6. The summed E-state index contributed by atoms with van der Waals surface area (Å²) >= 11 is 6.05. The molecule has 32 heavy (non-hydrogen) atoms. The minimum absolute atomic E-state index is 0.0720. The SMILES string of the molecule is Cc1ncc(N(C)C[C@@]2(C3C=CC=C(F)C3)C[C@H]2C(=O)Nc2cc(C)c(Cl)cn2)c(C)n1. The first-order valence-electron chi connectivity index (χ1n) is 10.7. The number of nitrogens with zero attached hydrogens (tertiary/aromatic N) is 4. The third kappa shape index (κ3) is 4.39. The zero-order chi connectivity index (χ0) is 23.0. The third-order valence-electron chi connectivity index (χ3n) is 6.52. The summed E-state index contributed by atoms with van der Waals surface area (Å²) in [5, 5.41) is 3.48. The summed E-state index contributed by atoms with van der Waals surface area (Å²) in [5.74, 6) is 0.598. The molecule has 1 N–H and O–H groups in total. The summed E-state index contributed by atoms with van der Waals surface area (Å²) in [4.78, 5) is 28.3. The summed E-state index contributed by atoms with van der Waals surface area (Å²) in [7, 11) is 1.97. The van der Waals surface area contributed by atoms with E-state index >= 15 is 0 Å². The van der Waals surface area contributed by atoms with Gasteiger partial charge in [-0.15, -0.1) is 0 Å². The lowest BCUT2D eigenvalue weighted by Crippen LogP contribution is -2.35. The fraction of sp³-hybridized carbons (Fsp3) is 0.417. The van der Waals surface area contributed by atoms with E-state index in [1.165, 1.54) is 12.3 Å². The number of hydrogen-bond donors (Lipinski definition) is 1. The molecule has 2 aromatic rings. The number of carbonyl (C=O) groups excluding carboxylic acids is 1. The zero-order valence-corrected chi connectivity index (χ0v) is 19.4. The molecule has 4 rings (SSSR count). The fourth-order valence-electron chi connectivity index (χ4n) is 4.71. The molecule has 2 aliphatic rings. The van der Waals surface area contributed by atoms with E-state index in [1.807, 2.05) is 33.9 Å². The molecule has 168 valence electrons. The molecule has 0 saturated heterocycles. The Morgan fingerprint density at radius 3 is 2.78 bits per heavy atom. The van der Waals surface area contributed by atoms with Gasteiger partial charge in [-0.3, -0.25) is 4.79 Å². The van der Waals surface area contributed by atoms with Gasteiger partial charge in [-0.25, -0.2) is 19.3 Å². The van der Waals surface area contributed by atoms with Crippen LogP contribution in [0, 0.1) is 38.0 Å². The van der Waals surface area contributed by atoms with Gasteiger partial charge in [-0.1, -0.05) is 23.8 Å². The Morgan fingerprint density at radius 2 is 2.09 bits per heavy atom. The van der Waals surface area contributed by atoms with Crippen molar-refractivity contribution >= 4 is 29.0 Å². The first-order valence-corrected chi connectivity index (χ1v) is 11.0. The minimum Gasteiger partial charge on any atom is -0.371 e. The molecule has 1 amide bonds. The Balaban J connectivity index is 1.57.